The number of hydrogen-bond donors (Lipinski definition) is 2. The number of nitrogens with one attached hydrogen (secondary N) is 2. The summed E-state index contributed by atoms with van der Waals surface area (Å²) < 4.78 is 6.00. The van der Waals surface area contributed by atoms with Crippen LogP contribution in [0.5, 0.6) is 0 Å². The summed E-state index contributed by atoms with van der Waals surface area (Å²) in [4.78, 5) is 12.2. The molecule has 0 saturated carbocycles. The second kappa shape index (κ2) is 5.72. The Morgan fingerprint density at radius 2 is 1.89 bits per heavy atom. The van der Waals surface area contributed by atoms with Gasteiger partial charge in [-0.2, -0.15) is 0 Å². The third-order valence-corrected chi connectivity index (χ3v) is 3.89. The van der Waals surface area contributed by atoms with Crippen molar-refractivity contribution in [1.82, 2.24) is 5.32 Å². The molecule has 0 aliphatic carbocycles. The molecule has 1 atom stereocenters. The maximum atomic E-state index is 12.2. The summed E-state index contributed by atoms with van der Waals surface area (Å²) in [5.74, 6) is 0.00322. The zero-order valence-electron chi connectivity index (χ0n) is 11.0. The highest BCUT2D eigenvalue weighted by atomic mass is 16.5. The van der Waals surface area contributed by atoms with E-state index < -0.39 is 0 Å². The minimum atomic E-state index is -0.310. The summed E-state index contributed by atoms with van der Waals surface area (Å²) in [7, 11) is 0. The molecule has 1 aromatic carbocycles. The molecule has 1 amide bonds. The van der Waals surface area contributed by atoms with E-state index >= 15 is 0 Å². The van der Waals surface area contributed by atoms with Crippen molar-refractivity contribution in [3.05, 3.63) is 29.8 Å². The van der Waals surface area contributed by atoms with Crippen LogP contribution in [0.1, 0.15) is 24.8 Å². The average Bonchev–Trinajstić information content (AvgIpc) is 2.60. The molecule has 0 radical (unpaired) electrons. The Bertz CT molecular complexity index is 455. The number of amides is 1. The SMILES string of the molecule is O=C1Nc2ccccc2CCC1OC1CCNCC1. The number of carbonyl (C=O) groups excluding carboxylic acids is 1. The lowest BCUT2D eigenvalue weighted by Gasteiger charge is -2.26. The highest BCUT2D eigenvalue weighted by Crippen LogP contribution is 2.24. The van der Waals surface area contributed by atoms with Gasteiger partial charge in [0.15, 0.2) is 0 Å². The number of para-hydroxylation sites is 1. The quantitative estimate of drug-likeness (QED) is 0.851. The topological polar surface area (TPSA) is 50.4 Å². The van der Waals surface area contributed by atoms with Crippen molar-refractivity contribution in [1.29, 1.82) is 0 Å². The van der Waals surface area contributed by atoms with Crippen LogP contribution < -0.4 is 10.6 Å². The van der Waals surface area contributed by atoms with Gasteiger partial charge in [0.1, 0.15) is 6.10 Å². The number of fused-ring (bicyclic) bond motifs is 1. The first-order chi connectivity index (χ1) is 9.33. The fourth-order valence-electron chi connectivity index (χ4n) is 2.78. The predicted molar refractivity (Wildman–Crippen MR) is 74.2 cm³/mol. The number of benzene rings is 1. The first-order valence-electron chi connectivity index (χ1n) is 7.08. The first-order valence-corrected chi connectivity index (χ1v) is 7.08. The summed E-state index contributed by atoms with van der Waals surface area (Å²) in [6, 6.07) is 7.99. The molecule has 2 N–H and O–H groups in total. The van der Waals surface area contributed by atoms with Crippen molar-refractivity contribution in [3.8, 4) is 0 Å². The molecular weight excluding hydrogens is 240 g/mol. The molecule has 2 aliphatic rings. The second-order valence-electron chi connectivity index (χ2n) is 5.26. The number of anilines is 1. The van der Waals surface area contributed by atoms with Gasteiger partial charge in [0.05, 0.1) is 6.10 Å². The fraction of sp³-hybridized carbons (Fsp3) is 0.533. The highest BCUT2D eigenvalue weighted by Gasteiger charge is 2.27. The third kappa shape index (κ3) is 2.96. The van der Waals surface area contributed by atoms with E-state index in [4.69, 9.17) is 4.74 Å². The van der Waals surface area contributed by atoms with Crippen LogP contribution in [0.15, 0.2) is 24.3 Å². The number of piperidine rings is 1. The molecule has 1 unspecified atom stereocenters. The largest absolute Gasteiger partial charge is 0.365 e. The van der Waals surface area contributed by atoms with Gasteiger partial charge in [0, 0.05) is 5.69 Å². The Hall–Kier alpha value is -1.39. The van der Waals surface area contributed by atoms with Crippen LogP contribution >= 0.6 is 0 Å². The molecule has 3 rings (SSSR count). The number of rotatable bonds is 2. The van der Waals surface area contributed by atoms with E-state index in [9.17, 15) is 4.79 Å². The minimum Gasteiger partial charge on any atom is -0.365 e. The molecule has 1 aromatic rings. The summed E-state index contributed by atoms with van der Waals surface area (Å²) in [5.41, 5.74) is 2.14. The van der Waals surface area contributed by atoms with Crippen LogP contribution in [0.3, 0.4) is 0 Å². The molecule has 0 aromatic heterocycles. The van der Waals surface area contributed by atoms with E-state index in [1.807, 2.05) is 18.2 Å². The Balaban J connectivity index is 1.66. The van der Waals surface area contributed by atoms with Gasteiger partial charge in [0.25, 0.3) is 5.91 Å². The van der Waals surface area contributed by atoms with Crippen LogP contribution in [0.25, 0.3) is 0 Å². The van der Waals surface area contributed by atoms with Crippen LogP contribution in [0.4, 0.5) is 5.69 Å². The monoisotopic (exact) mass is 260 g/mol. The van der Waals surface area contributed by atoms with Crippen molar-refractivity contribution < 1.29 is 9.53 Å². The number of aryl methyl sites for hydroxylation is 1. The predicted octanol–water partition coefficient (Wildman–Crippen LogP) is 1.71. The van der Waals surface area contributed by atoms with Crippen LogP contribution in [-0.2, 0) is 16.0 Å². The van der Waals surface area contributed by atoms with E-state index in [2.05, 4.69) is 16.7 Å². The number of ether oxygens (including phenoxy) is 1. The van der Waals surface area contributed by atoms with Crippen molar-refractivity contribution in [2.45, 2.75) is 37.9 Å². The summed E-state index contributed by atoms with van der Waals surface area (Å²) >= 11 is 0. The van der Waals surface area contributed by atoms with Gasteiger partial charge in [-0.05, 0) is 50.4 Å². The summed E-state index contributed by atoms with van der Waals surface area (Å²) in [5, 5.41) is 6.29. The molecular formula is C15H20N2O2. The summed E-state index contributed by atoms with van der Waals surface area (Å²) in [6.45, 7) is 1.97. The molecule has 0 spiro atoms. The summed E-state index contributed by atoms with van der Waals surface area (Å²) in [6.07, 6.45) is 3.57. The molecule has 1 saturated heterocycles. The molecule has 2 heterocycles. The lowest BCUT2D eigenvalue weighted by molar-refractivity contribution is -0.132. The third-order valence-electron chi connectivity index (χ3n) is 3.89. The van der Waals surface area contributed by atoms with Gasteiger partial charge < -0.3 is 15.4 Å². The van der Waals surface area contributed by atoms with Crippen LogP contribution in [0.2, 0.25) is 0 Å². The molecule has 4 heteroatoms. The lowest BCUT2D eigenvalue weighted by atomic mass is 10.1. The fourth-order valence-corrected chi connectivity index (χ4v) is 2.78. The van der Waals surface area contributed by atoms with E-state index in [1.165, 1.54) is 5.56 Å². The Labute approximate surface area is 113 Å². The smallest absolute Gasteiger partial charge is 0.253 e. The van der Waals surface area contributed by atoms with Crippen molar-refractivity contribution in [2.24, 2.45) is 0 Å². The molecule has 2 aliphatic heterocycles. The van der Waals surface area contributed by atoms with Gasteiger partial charge in [-0.15, -0.1) is 0 Å². The van der Waals surface area contributed by atoms with Crippen molar-refractivity contribution in [3.63, 3.8) is 0 Å². The maximum absolute atomic E-state index is 12.2. The number of hydrogen-bond acceptors (Lipinski definition) is 3. The van der Waals surface area contributed by atoms with E-state index in [-0.39, 0.29) is 18.1 Å². The Morgan fingerprint density at radius 1 is 1.11 bits per heavy atom. The molecule has 102 valence electrons. The van der Waals surface area contributed by atoms with Gasteiger partial charge in [0.2, 0.25) is 0 Å². The molecule has 4 nitrogen and oxygen atoms in total. The lowest BCUT2D eigenvalue weighted by Crippen LogP contribution is -2.38. The second-order valence-corrected chi connectivity index (χ2v) is 5.26. The zero-order valence-corrected chi connectivity index (χ0v) is 11.0. The zero-order chi connectivity index (χ0) is 13.1. The van der Waals surface area contributed by atoms with Gasteiger partial charge >= 0.3 is 0 Å². The van der Waals surface area contributed by atoms with E-state index in [1.54, 1.807) is 0 Å². The Morgan fingerprint density at radius 3 is 2.74 bits per heavy atom. The number of carbonyl (C=O) groups is 1. The van der Waals surface area contributed by atoms with Crippen LogP contribution in [0, 0.1) is 0 Å². The molecule has 19 heavy (non-hydrogen) atoms. The van der Waals surface area contributed by atoms with E-state index in [0.29, 0.717) is 0 Å². The molecule has 0 bridgehead atoms. The first kappa shape index (κ1) is 12.6. The van der Waals surface area contributed by atoms with Crippen LogP contribution in [-0.4, -0.2) is 31.2 Å². The maximum Gasteiger partial charge on any atom is 0.253 e. The van der Waals surface area contributed by atoms with Gasteiger partial charge in [-0.25, -0.2) is 0 Å². The minimum absolute atomic E-state index is 0.00322. The van der Waals surface area contributed by atoms with Gasteiger partial charge in [-0.3, -0.25) is 4.79 Å². The Kier molecular flexibility index (Phi) is 3.80. The molecule has 1 fully saturated rings. The highest BCUT2D eigenvalue weighted by molar-refractivity contribution is 5.95. The van der Waals surface area contributed by atoms with Crippen molar-refractivity contribution in [2.75, 3.05) is 18.4 Å². The standard InChI is InChI=1S/C15H20N2O2/c18-15-14(19-12-7-9-16-10-8-12)6-5-11-3-1-2-4-13(11)17-15/h1-4,12,14,16H,5-10H2,(H,17,18). The van der Waals surface area contributed by atoms with Crippen molar-refractivity contribution >= 4 is 11.6 Å². The van der Waals surface area contributed by atoms with E-state index in [0.717, 1.165) is 44.5 Å². The average molecular weight is 260 g/mol. The normalized spacial score (nSPS) is 24.4. The van der Waals surface area contributed by atoms with Gasteiger partial charge in [-0.1, -0.05) is 18.2 Å².